The molecule has 3 heteroatoms. The van der Waals surface area contributed by atoms with Crippen LogP contribution in [-0.2, 0) is 0 Å². The standard InChI is InChI=1S/C17H24FNO/c1-11(19-2)16-6-5-15(18)9-17(16)20-10-14-8-12-3-4-13(14)7-12/h5-6,9,11-14,19H,3-4,7-8,10H2,1-2H3. The zero-order valence-corrected chi connectivity index (χ0v) is 12.4. The zero-order valence-electron chi connectivity index (χ0n) is 12.4. The molecule has 1 aromatic carbocycles. The maximum atomic E-state index is 13.5. The Balaban J connectivity index is 1.68. The Labute approximate surface area is 120 Å². The van der Waals surface area contributed by atoms with E-state index in [-0.39, 0.29) is 11.9 Å². The van der Waals surface area contributed by atoms with Crippen LogP contribution in [-0.4, -0.2) is 13.7 Å². The van der Waals surface area contributed by atoms with E-state index in [0.717, 1.165) is 24.0 Å². The van der Waals surface area contributed by atoms with E-state index in [0.29, 0.717) is 11.7 Å². The summed E-state index contributed by atoms with van der Waals surface area (Å²) < 4.78 is 19.5. The predicted molar refractivity (Wildman–Crippen MR) is 78.3 cm³/mol. The molecule has 0 saturated heterocycles. The van der Waals surface area contributed by atoms with Crippen LogP contribution in [0.3, 0.4) is 0 Å². The third-order valence-corrected chi connectivity index (χ3v) is 5.21. The summed E-state index contributed by atoms with van der Waals surface area (Å²) in [6.45, 7) is 2.81. The van der Waals surface area contributed by atoms with E-state index in [4.69, 9.17) is 4.74 Å². The topological polar surface area (TPSA) is 21.3 Å². The molecule has 0 heterocycles. The average Bonchev–Trinajstić information content (AvgIpc) is 3.07. The fraction of sp³-hybridized carbons (Fsp3) is 0.647. The molecule has 20 heavy (non-hydrogen) atoms. The van der Waals surface area contributed by atoms with Crippen LogP contribution in [0.4, 0.5) is 4.39 Å². The zero-order chi connectivity index (χ0) is 14.1. The predicted octanol–water partition coefficient (Wildman–Crippen LogP) is 3.92. The van der Waals surface area contributed by atoms with Crippen molar-refractivity contribution in [3.05, 3.63) is 29.6 Å². The lowest BCUT2D eigenvalue weighted by Crippen LogP contribution is -2.20. The highest BCUT2D eigenvalue weighted by molar-refractivity contribution is 5.36. The van der Waals surface area contributed by atoms with Crippen molar-refractivity contribution in [3.63, 3.8) is 0 Å². The monoisotopic (exact) mass is 277 g/mol. The molecule has 2 aliphatic rings. The summed E-state index contributed by atoms with van der Waals surface area (Å²) in [5, 5.41) is 3.19. The molecule has 2 nitrogen and oxygen atoms in total. The summed E-state index contributed by atoms with van der Waals surface area (Å²) in [6, 6.07) is 5.03. The SMILES string of the molecule is CNC(C)c1ccc(F)cc1OCC1CC2CCC1C2. The summed E-state index contributed by atoms with van der Waals surface area (Å²) >= 11 is 0. The molecule has 2 saturated carbocycles. The highest BCUT2D eigenvalue weighted by atomic mass is 19.1. The molecule has 0 amide bonds. The lowest BCUT2D eigenvalue weighted by atomic mass is 9.89. The highest BCUT2D eigenvalue weighted by Crippen LogP contribution is 2.48. The van der Waals surface area contributed by atoms with Gasteiger partial charge >= 0.3 is 0 Å². The van der Waals surface area contributed by atoms with Crippen molar-refractivity contribution in [1.29, 1.82) is 0 Å². The summed E-state index contributed by atoms with van der Waals surface area (Å²) in [5.74, 6) is 2.93. The van der Waals surface area contributed by atoms with E-state index >= 15 is 0 Å². The third kappa shape index (κ3) is 2.69. The molecule has 1 N–H and O–H groups in total. The minimum Gasteiger partial charge on any atom is -0.493 e. The molecule has 4 unspecified atom stereocenters. The molecule has 0 aliphatic heterocycles. The van der Waals surface area contributed by atoms with E-state index in [2.05, 4.69) is 12.2 Å². The Morgan fingerprint density at radius 1 is 1.35 bits per heavy atom. The number of rotatable bonds is 5. The first-order chi connectivity index (χ1) is 9.67. The molecule has 0 spiro atoms. The Bertz CT molecular complexity index is 476. The van der Waals surface area contributed by atoms with Crippen LogP contribution in [0.1, 0.15) is 44.2 Å². The molecule has 1 aromatic rings. The fourth-order valence-corrected chi connectivity index (χ4v) is 3.92. The van der Waals surface area contributed by atoms with E-state index in [1.807, 2.05) is 13.1 Å². The summed E-state index contributed by atoms with van der Waals surface area (Å²) in [7, 11) is 1.91. The molecular formula is C17H24FNO. The van der Waals surface area contributed by atoms with Crippen LogP contribution in [0.2, 0.25) is 0 Å². The van der Waals surface area contributed by atoms with Crippen molar-refractivity contribution in [2.75, 3.05) is 13.7 Å². The van der Waals surface area contributed by atoms with E-state index in [9.17, 15) is 4.39 Å². The van der Waals surface area contributed by atoms with Gasteiger partial charge in [-0.1, -0.05) is 12.5 Å². The van der Waals surface area contributed by atoms with Crippen molar-refractivity contribution >= 4 is 0 Å². The second-order valence-corrected chi connectivity index (χ2v) is 6.44. The average molecular weight is 277 g/mol. The summed E-state index contributed by atoms with van der Waals surface area (Å²) in [4.78, 5) is 0. The first-order valence-electron chi connectivity index (χ1n) is 7.77. The minimum atomic E-state index is -0.222. The van der Waals surface area contributed by atoms with Gasteiger partial charge in [0.2, 0.25) is 0 Å². The van der Waals surface area contributed by atoms with Crippen molar-refractivity contribution in [3.8, 4) is 5.75 Å². The second-order valence-electron chi connectivity index (χ2n) is 6.44. The molecular weight excluding hydrogens is 253 g/mol. The smallest absolute Gasteiger partial charge is 0.126 e. The fourth-order valence-electron chi connectivity index (χ4n) is 3.92. The van der Waals surface area contributed by atoms with Crippen LogP contribution in [0, 0.1) is 23.6 Å². The number of ether oxygens (including phenoxy) is 1. The summed E-state index contributed by atoms with van der Waals surface area (Å²) in [6.07, 6.45) is 5.46. The van der Waals surface area contributed by atoms with E-state index in [1.165, 1.54) is 37.8 Å². The van der Waals surface area contributed by atoms with Gasteiger partial charge in [0, 0.05) is 17.7 Å². The highest BCUT2D eigenvalue weighted by Gasteiger charge is 2.39. The molecule has 2 aliphatic carbocycles. The Morgan fingerprint density at radius 3 is 2.85 bits per heavy atom. The first kappa shape index (κ1) is 13.9. The largest absolute Gasteiger partial charge is 0.493 e. The lowest BCUT2D eigenvalue weighted by molar-refractivity contribution is 0.192. The van der Waals surface area contributed by atoms with E-state index < -0.39 is 0 Å². The number of hydrogen-bond donors (Lipinski definition) is 1. The first-order valence-corrected chi connectivity index (χ1v) is 7.77. The minimum absolute atomic E-state index is 0.172. The Kier molecular flexibility index (Phi) is 3.97. The molecule has 2 fully saturated rings. The second kappa shape index (κ2) is 5.72. The quantitative estimate of drug-likeness (QED) is 0.880. The van der Waals surface area contributed by atoms with Crippen LogP contribution >= 0.6 is 0 Å². The van der Waals surface area contributed by atoms with Gasteiger partial charge in [0.1, 0.15) is 11.6 Å². The van der Waals surface area contributed by atoms with Gasteiger partial charge in [-0.05, 0) is 57.1 Å². The Hall–Kier alpha value is -1.09. The molecule has 0 radical (unpaired) electrons. The van der Waals surface area contributed by atoms with Crippen molar-refractivity contribution in [2.24, 2.45) is 17.8 Å². The number of halogens is 1. The maximum absolute atomic E-state index is 13.5. The summed E-state index contributed by atoms with van der Waals surface area (Å²) in [5.41, 5.74) is 1.04. The van der Waals surface area contributed by atoms with Gasteiger partial charge in [0.15, 0.2) is 0 Å². The maximum Gasteiger partial charge on any atom is 0.126 e. The van der Waals surface area contributed by atoms with Crippen LogP contribution in [0.5, 0.6) is 5.75 Å². The van der Waals surface area contributed by atoms with Gasteiger partial charge < -0.3 is 10.1 Å². The van der Waals surface area contributed by atoms with Crippen molar-refractivity contribution in [1.82, 2.24) is 5.32 Å². The Morgan fingerprint density at radius 2 is 2.20 bits per heavy atom. The van der Waals surface area contributed by atoms with Gasteiger partial charge in [-0.2, -0.15) is 0 Å². The van der Waals surface area contributed by atoms with Gasteiger partial charge in [0.25, 0.3) is 0 Å². The lowest BCUT2D eigenvalue weighted by Gasteiger charge is -2.23. The molecule has 110 valence electrons. The number of benzene rings is 1. The normalized spacial score (nSPS) is 29.6. The number of fused-ring (bicyclic) bond motifs is 2. The molecule has 4 atom stereocenters. The molecule has 0 aromatic heterocycles. The van der Waals surface area contributed by atoms with Gasteiger partial charge in [0.05, 0.1) is 6.61 Å². The third-order valence-electron chi connectivity index (χ3n) is 5.21. The van der Waals surface area contributed by atoms with Crippen molar-refractivity contribution < 1.29 is 9.13 Å². The van der Waals surface area contributed by atoms with Gasteiger partial charge in [-0.15, -0.1) is 0 Å². The number of hydrogen-bond acceptors (Lipinski definition) is 2. The van der Waals surface area contributed by atoms with Gasteiger partial charge in [-0.3, -0.25) is 0 Å². The molecule has 2 bridgehead atoms. The van der Waals surface area contributed by atoms with Crippen LogP contribution in [0.25, 0.3) is 0 Å². The van der Waals surface area contributed by atoms with Gasteiger partial charge in [-0.25, -0.2) is 4.39 Å². The number of nitrogens with one attached hydrogen (secondary N) is 1. The molecule has 3 rings (SSSR count). The van der Waals surface area contributed by atoms with E-state index in [1.54, 1.807) is 0 Å². The van der Waals surface area contributed by atoms with Crippen LogP contribution < -0.4 is 10.1 Å². The van der Waals surface area contributed by atoms with Crippen LogP contribution in [0.15, 0.2) is 18.2 Å². The van der Waals surface area contributed by atoms with Crippen molar-refractivity contribution in [2.45, 2.75) is 38.6 Å².